The maximum absolute atomic E-state index is 12.8. The SMILES string of the molecule is C#CCn1c(=NC(=O)c2ccccc2S(C)(=O)=O)sc2cc3c(cc21)OCO3. The van der Waals surface area contributed by atoms with Gasteiger partial charge in [0.1, 0.15) is 0 Å². The molecule has 0 bridgehead atoms. The molecule has 0 unspecified atom stereocenters. The Morgan fingerprint density at radius 3 is 2.71 bits per heavy atom. The van der Waals surface area contributed by atoms with Crippen molar-refractivity contribution in [3.8, 4) is 23.8 Å². The summed E-state index contributed by atoms with van der Waals surface area (Å²) < 4.78 is 37.3. The minimum Gasteiger partial charge on any atom is -0.454 e. The molecule has 0 saturated heterocycles. The number of nitrogens with zero attached hydrogens (tertiary/aromatic N) is 2. The molecule has 0 radical (unpaired) electrons. The molecule has 1 amide bonds. The van der Waals surface area contributed by atoms with Crippen LogP contribution in [0.2, 0.25) is 0 Å². The third kappa shape index (κ3) is 3.17. The molecule has 28 heavy (non-hydrogen) atoms. The monoisotopic (exact) mass is 414 g/mol. The van der Waals surface area contributed by atoms with E-state index in [0.717, 1.165) is 16.5 Å². The number of sulfone groups is 1. The number of aromatic nitrogens is 1. The number of thiazole rings is 1. The van der Waals surface area contributed by atoms with E-state index in [1.165, 1.54) is 23.5 Å². The highest BCUT2D eigenvalue weighted by molar-refractivity contribution is 7.90. The minimum atomic E-state index is -3.57. The fraction of sp³-hybridized carbons (Fsp3) is 0.158. The Morgan fingerprint density at radius 1 is 1.29 bits per heavy atom. The molecule has 2 aromatic carbocycles. The molecule has 0 aliphatic carbocycles. The fourth-order valence-electron chi connectivity index (χ4n) is 2.90. The molecular formula is C19H14N2O5S2. The third-order valence-corrected chi connectivity index (χ3v) is 6.34. The Labute approximate surface area is 164 Å². The molecule has 0 spiro atoms. The lowest BCUT2D eigenvalue weighted by Crippen LogP contribution is -2.17. The number of benzene rings is 2. The molecule has 0 fully saturated rings. The lowest BCUT2D eigenvalue weighted by atomic mass is 10.2. The molecule has 2 heterocycles. The maximum atomic E-state index is 12.8. The van der Waals surface area contributed by atoms with Gasteiger partial charge in [-0.25, -0.2) is 8.42 Å². The first kappa shape index (κ1) is 18.3. The van der Waals surface area contributed by atoms with Crippen LogP contribution in [0.4, 0.5) is 0 Å². The van der Waals surface area contributed by atoms with Gasteiger partial charge in [-0.05, 0) is 12.1 Å². The highest BCUT2D eigenvalue weighted by Crippen LogP contribution is 2.37. The van der Waals surface area contributed by atoms with Crippen LogP contribution in [0, 0.1) is 12.3 Å². The van der Waals surface area contributed by atoms with Crippen molar-refractivity contribution in [3.63, 3.8) is 0 Å². The topological polar surface area (TPSA) is 87.0 Å². The fourth-order valence-corrected chi connectivity index (χ4v) is 4.82. The van der Waals surface area contributed by atoms with Gasteiger partial charge in [-0.15, -0.1) is 6.42 Å². The van der Waals surface area contributed by atoms with Crippen LogP contribution < -0.4 is 14.3 Å². The average Bonchev–Trinajstić information content (AvgIpc) is 3.24. The standard InChI is InChI=1S/C19H14N2O5S2/c1-3-8-21-13-9-14-15(26-11-25-14)10-16(13)27-19(21)20-18(22)12-6-4-5-7-17(12)28(2,23)24/h1,4-7,9-10H,8,11H2,2H3. The second-order valence-electron chi connectivity index (χ2n) is 6.03. The van der Waals surface area contributed by atoms with Crippen molar-refractivity contribution in [2.75, 3.05) is 13.0 Å². The predicted molar refractivity (Wildman–Crippen MR) is 104 cm³/mol. The number of carbonyl (C=O) groups excluding carboxylic acids is 1. The molecular weight excluding hydrogens is 400 g/mol. The average molecular weight is 414 g/mol. The molecule has 1 aliphatic rings. The minimum absolute atomic E-state index is 0.0175. The van der Waals surface area contributed by atoms with Crippen molar-refractivity contribution in [2.45, 2.75) is 11.4 Å². The zero-order valence-corrected chi connectivity index (χ0v) is 16.3. The lowest BCUT2D eigenvalue weighted by Gasteiger charge is -2.04. The van der Waals surface area contributed by atoms with Crippen molar-refractivity contribution < 1.29 is 22.7 Å². The number of hydrogen-bond acceptors (Lipinski definition) is 6. The zero-order valence-electron chi connectivity index (χ0n) is 14.7. The first-order chi connectivity index (χ1) is 13.4. The van der Waals surface area contributed by atoms with Crippen molar-refractivity contribution in [2.24, 2.45) is 4.99 Å². The Kier molecular flexibility index (Phi) is 4.45. The van der Waals surface area contributed by atoms with E-state index in [1.54, 1.807) is 22.8 Å². The van der Waals surface area contributed by atoms with E-state index in [2.05, 4.69) is 10.9 Å². The van der Waals surface area contributed by atoms with E-state index in [4.69, 9.17) is 15.9 Å². The van der Waals surface area contributed by atoms with Gasteiger partial charge in [0.15, 0.2) is 26.1 Å². The van der Waals surface area contributed by atoms with Gasteiger partial charge in [-0.1, -0.05) is 29.4 Å². The van der Waals surface area contributed by atoms with Gasteiger partial charge >= 0.3 is 0 Å². The van der Waals surface area contributed by atoms with Gasteiger partial charge in [0.25, 0.3) is 5.91 Å². The summed E-state index contributed by atoms with van der Waals surface area (Å²) in [7, 11) is -3.57. The van der Waals surface area contributed by atoms with E-state index in [0.29, 0.717) is 16.3 Å². The Bertz CT molecular complexity index is 1330. The highest BCUT2D eigenvalue weighted by Gasteiger charge is 2.20. The number of hydrogen-bond donors (Lipinski definition) is 0. The number of fused-ring (bicyclic) bond motifs is 2. The molecule has 4 rings (SSSR count). The van der Waals surface area contributed by atoms with E-state index in [-0.39, 0.29) is 23.8 Å². The molecule has 0 saturated carbocycles. The number of carbonyl (C=O) groups is 1. The van der Waals surface area contributed by atoms with Crippen LogP contribution in [0.25, 0.3) is 10.2 Å². The summed E-state index contributed by atoms with van der Waals surface area (Å²) >= 11 is 1.26. The summed E-state index contributed by atoms with van der Waals surface area (Å²) in [5.41, 5.74) is 0.777. The molecule has 9 heteroatoms. The van der Waals surface area contributed by atoms with Crippen LogP contribution in [0.1, 0.15) is 10.4 Å². The van der Waals surface area contributed by atoms with Crippen molar-refractivity contribution in [1.82, 2.24) is 4.57 Å². The normalized spacial score (nSPS) is 13.6. The molecule has 3 aromatic rings. The van der Waals surface area contributed by atoms with Gasteiger partial charge in [0.05, 0.1) is 27.2 Å². The predicted octanol–water partition coefficient (Wildman–Crippen LogP) is 2.21. The van der Waals surface area contributed by atoms with Gasteiger partial charge < -0.3 is 14.0 Å². The number of terminal acetylenes is 1. The van der Waals surface area contributed by atoms with E-state index in [1.807, 2.05) is 6.07 Å². The van der Waals surface area contributed by atoms with E-state index < -0.39 is 15.7 Å². The van der Waals surface area contributed by atoms with Gasteiger partial charge in [0.2, 0.25) is 6.79 Å². The maximum Gasteiger partial charge on any atom is 0.280 e. The van der Waals surface area contributed by atoms with Crippen molar-refractivity contribution >= 4 is 37.3 Å². The van der Waals surface area contributed by atoms with Crippen molar-refractivity contribution in [3.05, 3.63) is 46.8 Å². The summed E-state index contributed by atoms with van der Waals surface area (Å²) in [5.74, 6) is 3.10. The number of ether oxygens (including phenoxy) is 2. The van der Waals surface area contributed by atoms with Gasteiger partial charge in [-0.3, -0.25) is 4.79 Å². The van der Waals surface area contributed by atoms with Crippen LogP contribution in [0.15, 0.2) is 46.3 Å². The van der Waals surface area contributed by atoms with Gasteiger partial charge in [-0.2, -0.15) is 4.99 Å². The summed E-state index contributed by atoms with van der Waals surface area (Å²) in [6.07, 6.45) is 6.54. The lowest BCUT2D eigenvalue weighted by molar-refractivity contribution is 0.0994. The summed E-state index contributed by atoms with van der Waals surface area (Å²) in [4.78, 5) is 17.2. The largest absolute Gasteiger partial charge is 0.454 e. The summed E-state index contributed by atoms with van der Waals surface area (Å²) in [5, 5.41) is 0. The quantitative estimate of drug-likeness (QED) is 0.614. The smallest absolute Gasteiger partial charge is 0.280 e. The van der Waals surface area contributed by atoms with Crippen LogP contribution >= 0.6 is 11.3 Å². The molecule has 142 valence electrons. The molecule has 1 aromatic heterocycles. The molecule has 7 nitrogen and oxygen atoms in total. The van der Waals surface area contributed by atoms with Gasteiger partial charge in [0, 0.05) is 18.4 Å². The second kappa shape index (κ2) is 6.82. The molecule has 0 atom stereocenters. The first-order valence-electron chi connectivity index (χ1n) is 8.13. The molecule has 0 N–H and O–H groups in total. The highest BCUT2D eigenvalue weighted by atomic mass is 32.2. The number of amides is 1. The van der Waals surface area contributed by atoms with Crippen LogP contribution in [0.5, 0.6) is 11.5 Å². The zero-order chi connectivity index (χ0) is 19.9. The van der Waals surface area contributed by atoms with Crippen molar-refractivity contribution in [1.29, 1.82) is 0 Å². The Hall–Kier alpha value is -3.09. The Balaban J connectivity index is 1.90. The first-order valence-corrected chi connectivity index (χ1v) is 10.8. The third-order valence-electron chi connectivity index (χ3n) is 4.14. The van der Waals surface area contributed by atoms with Crippen LogP contribution in [0.3, 0.4) is 0 Å². The summed E-state index contributed by atoms with van der Waals surface area (Å²) in [6.45, 7) is 0.346. The second-order valence-corrected chi connectivity index (χ2v) is 9.03. The Morgan fingerprint density at radius 2 is 2.00 bits per heavy atom. The summed E-state index contributed by atoms with van der Waals surface area (Å²) in [6, 6.07) is 9.58. The molecule has 1 aliphatic heterocycles. The van der Waals surface area contributed by atoms with E-state index in [9.17, 15) is 13.2 Å². The van der Waals surface area contributed by atoms with E-state index >= 15 is 0 Å². The number of rotatable bonds is 3. The van der Waals surface area contributed by atoms with Crippen LogP contribution in [-0.4, -0.2) is 31.9 Å². The van der Waals surface area contributed by atoms with Crippen LogP contribution in [-0.2, 0) is 16.4 Å².